The van der Waals surface area contributed by atoms with Crippen molar-refractivity contribution in [3.63, 3.8) is 0 Å². The highest BCUT2D eigenvalue weighted by atomic mass is 32.2. The van der Waals surface area contributed by atoms with E-state index >= 15 is 0 Å². The van der Waals surface area contributed by atoms with Crippen LogP contribution in [0.2, 0.25) is 0 Å². The second kappa shape index (κ2) is 6.18. The number of carbonyl (C=O) groups excluding carboxylic acids is 1. The second-order valence-electron chi connectivity index (χ2n) is 4.52. The van der Waals surface area contributed by atoms with Crippen LogP contribution in [0.3, 0.4) is 0 Å². The Labute approximate surface area is 126 Å². The minimum Gasteiger partial charge on any atom is -0.486 e. The van der Waals surface area contributed by atoms with E-state index in [2.05, 4.69) is 0 Å². The van der Waals surface area contributed by atoms with Crippen LogP contribution in [0.15, 0.2) is 47.4 Å². The number of hydrogen-bond donors (Lipinski definition) is 0. The van der Waals surface area contributed by atoms with Gasteiger partial charge < -0.3 is 9.47 Å². The minimum atomic E-state index is -0.342. The van der Waals surface area contributed by atoms with E-state index < -0.39 is 0 Å². The standard InChI is InChI=1S/C16H13FO3S/c17-12-3-1-11(2-4-12)14(18)10-21-13-5-6-15-16(9-13)20-8-7-19-15/h1-6,9H,7-8,10H2. The Kier molecular flexibility index (Phi) is 4.10. The Bertz CT molecular complexity index is 655. The number of ether oxygens (including phenoxy) is 2. The van der Waals surface area contributed by atoms with Crippen molar-refractivity contribution < 1.29 is 18.7 Å². The molecule has 2 aromatic rings. The molecule has 2 aromatic carbocycles. The molecule has 0 unspecified atom stereocenters. The van der Waals surface area contributed by atoms with E-state index in [0.29, 0.717) is 30.3 Å². The summed E-state index contributed by atoms with van der Waals surface area (Å²) >= 11 is 1.42. The summed E-state index contributed by atoms with van der Waals surface area (Å²) in [5.41, 5.74) is 0.515. The zero-order chi connectivity index (χ0) is 14.7. The van der Waals surface area contributed by atoms with Crippen molar-refractivity contribution in [2.24, 2.45) is 0 Å². The van der Waals surface area contributed by atoms with Gasteiger partial charge in [0.05, 0.1) is 5.75 Å². The maximum Gasteiger partial charge on any atom is 0.173 e. The van der Waals surface area contributed by atoms with Crippen LogP contribution in [0, 0.1) is 5.82 Å². The van der Waals surface area contributed by atoms with Gasteiger partial charge in [0, 0.05) is 10.5 Å². The van der Waals surface area contributed by atoms with Crippen LogP contribution in [0.25, 0.3) is 0 Å². The third kappa shape index (κ3) is 3.36. The normalized spacial score (nSPS) is 13.0. The van der Waals surface area contributed by atoms with E-state index in [-0.39, 0.29) is 11.6 Å². The maximum atomic E-state index is 12.8. The molecular formula is C16H13FO3S. The van der Waals surface area contributed by atoms with E-state index in [1.165, 1.54) is 36.0 Å². The predicted octanol–water partition coefficient (Wildman–Crippen LogP) is 3.57. The lowest BCUT2D eigenvalue weighted by Crippen LogP contribution is -2.15. The van der Waals surface area contributed by atoms with Gasteiger partial charge in [0.1, 0.15) is 19.0 Å². The van der Waals surface area contributed by atoms with E-state index in [0.717, 1.165) is 10.6 Å². The van der Waals surface area contributed by atoms with Crippen molar-refractivity contribution in [3.8, 4) is 11.5 Å². The highest BCUT2D eigenvalue weighted by molar-refractivity contribution is 8.00. The first kappa shape index (κ1) is 13.9. The van der Waals surface area contributed by atoms with Gasteiger partial charge in [-0.25, -0.2) is 4.39 Å². The van der Waals surface area contributed by atoms with Gasteiger partial charge >= 0.3 is 0 Å². The fourth-order valence-electron chi connectivity index (χ4n) is 1.98. The highest BCUT2D eigenvalue weighted by Crippen LogP contribution is 2.34. The van der Waals surface area contributed by atoms with Gasteiger partial charge in [-0.1, -0.05) is 0 Å². The summed E-state index contributed by atoms with van der Waals surface area (Å²) in [7, 11) is 0. The monoisotopic (exact) mass is 304 g/mol. The summed E-state index contributed by atoms with van der Waals surface area (Å²) in [6.45, 7) is 1.10. The first-order chi connectivity index (χ1) is 10.2. The molecule has 0 saturated heterocycles. The molecule has 5 heteroatoms. The van der Waals surface area contributed by atoms with Crippen LogP contribution in [0.4, 0.5) is 4.39 Å². The molecule has 0 fully saturated rings. The van der Waals surface area contributed by atoms with Crippen LogP contribution in [-0.4, -0.2) is 24.7 Å². The number of hydrogen-bond acceptors (Lipinski definition) is 4. The number of rotatable bonds is 4. The Balaban J connectivity index is 1.64. The third-order valence-electron chi connectivity index (χ3n) is 3.05. The van der Waals surface area contributed by atoms with Gasteiger partial charge in [0.25, 0.3) is 0 Å². The summed E-state index contributed by atoms with van der Waals surface area (Å²) in [5.74, 6) is 1.36. The summed E-state index contributed by atoms with van der Waals surface area (Å²) in [6, 6.07) is 11.2. The van der Waals surface area contributed by atoms with Crippen molar-refractivity contribution in [1.82, 2.24) is 0 Å². The Hall–Kier alpha value is -2.01. The number of halogens is 1. The molecule has 0 aliphatic carbocycles. The summed E-state index contributed by atoms with van der Waals surface area (Å²) in [6.07, 6.45) is 0. The van der Waals surface area contributed by atoms with Crippen molar-refractivity contribution in [3.05, 3.63) is 53.8 Å². The van der Waals surface area contributed by atoms with E-state index in [1.807, 2.05) is 18.2 Å². The summed E-state index contributed by atoms with van der Waals surface area (Å²) < 4.78 is 23.8. The van der Waals surface area contributed by atoms with Crippen LogP contribution >= 0.6 is 11.8 Å². The molecule has 0 spiro atoms. The van der Waals surface area contributed by atoms with Crippen molar-refractivity contribution in [2.45, 2.75) is 4.90 Å². The van der Waals surface area contributed by atoms with Gasteiger partial charge in [-0.15, -0.1) is 11.8 Å². The van der Waals surface area contributed by atoms with Gasteiger partial charge in [-0.05, 0) is 42.5 Å². The molecule has 1 heterocycles. The average molecular weight is 304 g/mol. The molecular weight excluding hydrogens is 291 g/mol. The summed E-state index contributed by atoms with van der Waals surface area (Å²) in [5, 5.41) is 0. The van der Waals surface area contributed by atoms with Crippen molar-refractivity contribution in [1.29, 1.82) is 0 Å². The van der Waals surface area contributed by atoms with Crippen LogP contribution in [-0.2, 0) is 0 Å². The topological polar surface area (TPSA) is 35.5 Å². The Morgan fingerprint density at radius 2 is 1.76 bits per heavy atom. The molecule has 0 bridgehead atoms. The Morgan fingerprint density at radius 1 is 1.05 bits per heavy atom. The molecule has 108 valence electrons. The first-order valence-corrected chi connectivity index (χ1v) is 7.52. The average Bonchev–Trinajstić information content (AvgIpc) is 2.53. The fourth-order valence-corrected chi connectivity index (χ4v) is 2.80. The first-order valence-electron chi connectivity index (χ1n) is 6.53. The van der Waals surface area contributed by atoms with Gasteiger partial charge in [-0.2, -0.15) is 0 Å². The lowest BCUT2D eigenvalue weighted by atomic mass is 10.1. The number of Topliss-reactive ketones (excluding diaryl/α,β-unsaturated/α-hetero) is 1. The molecule has 0 atom stereocenters. The maximum absolute atomic E-state index is 12.8. The van der Waals surface area contributed by atoms with Gasteiger partial charge in [-0.3, -0.25) is 4.79 Å². The molecule has 0 amide bonds. The third-order valence-corrected chi connectivity index (χ3v) is 4.04. The molecule has 1 aliphatic heterocycles. The molecule has 3 rings (SSSR count). The highest BCUT2D eigenvalue weighted by Gasteiger charge is 2.13. The zero-order valence-electron chi connectivity index (χ0n) is 11.2. The van der Waals surface area contributed by atoms with E-state index in [9.17, 15) is 9.18 Å². The molecule has 21 heavy (non-hydrogen) atoms. The zero-order valence-corrected chi connectivity index (χ0v) is 12.0. The van der Waals surface area contributed by atoms with Gasteiger partial charge in [0.15, 0.2) is 17.3 Å². The van der Waals surface area contributed by atoms with Crippen LogP contribution in [0.5, 0.6) is 11.5 Å². The molecule has 0 saturated carbocycles. The summed E-state index contributed by atoms with van der Waals surface area (Å²) in [4.78, 5) is 13.0. The fraction of sp³-hybridized carbons (Fsp3) is 0.188. The quantitative estimate of drug-likeness (QED) is 0.639. The van der Waals surface area contributed by atoms with Crippen molar-refractivity contribution >= 4 is 17.5 Å². The van der Waals surface area contributed by atoms with Crippen LogP contribution < -0.4 is 9.47 Å². The van der Waals surface area contributed by atoms with Crippen molar-refractivity contribution in [2.75, 3.05) is 19.0 Å². The number of benzene rings is 2. The number of ketones is 1. The molecule has 0 radical (unpaired) electrons. The second-order valence-corrected chi connectivity index (χ2v) is 5.57. The SMILES string of the molecule is O=C(CSc1ccc2c(c1)OCCO2)c1ccc(F)cc1. The lowest BCUT2D eigenvalue weighted by molar-refractivity contribution is 0.102. The van der Waals surface area contributed by atoms with E-state index in [1.54, 1.807) is 0 Å². The number of carbonyl (C=O) groups is 1. The largest absolute Gasteiger partial charge is 0.486 e. The molecule has 0 aromatic heterocycles. The lowest BCUT2D eigenvalue weighted by Gasteiger charge is -2.18. The molecule has 3 nitrogen and oxygen atoms in total. The molecule has 0 N–H and O–H groups in total. The van der Waals surface area contributed by atoms with Crippen LogP contribution in [0.1, 0.15) is 10.4 Å². The van der Waals surface area contributed by atoms with E-state index in [4.69, 9.17) is 9.47 Å². The minimum absolute atomic E-state index is 0.0325. The van der Waals surface area contributed by atoms with Gasteiger partial charge in [0.2, 0.25) is 0 Å². The smallest absolute Gasteiger partial charge is 0.173 e. The predicted molar refractivity (Wildman–Crippen MR) is 78.9 cm³/mol. The number of thioether (sulfide) groups is 1. The molecule has 1 aliphatic rings. The number of fused-ring (bicyclic) bond motifs is 1. The Morgan fingerprint density at radius 3 is 2.52 bits per heavy atom.